The van der Waals surface area contributed by atoms with Gasteiger partial charge in [-0.05, 0) is 42.7 Å². The zero-order valence-electron chi connectivity index (χ0n) is 18.5. The van der Waals surface area contributed by atoms with Gasteiger partial charge in [0.25, 0.3) is 5.91 Å². The highest BCUT2D eigenvalue weighted by Crippen LogP contribution is 2.38. The fourth-order valence-corrected chi connectivity index (χ4v) is 4.11. The van der Waals surface area contributed by atoms with Crippen molar-refractivity contribution in [3.63, 3.8) is 0 Å². The molecule has 2 unspecified atom stereocenters. The molecule has 4 heterocycles. The molecule has 34 heavy (non-hydrogen) atoms. The van der Waals surface area contributed by atoms with Crippen molar-refractivity contribution in [1.82, 2.24) is 19.7 Å². The van der Waals surface area contributed by atoms with Gasteiger partial charge in [0, 0.05) is 25.1 Å². The third-order valence-corrected chi connectivity index (χ3v) is 6.16. The minimum Gasteiger partial charge on any atom is -0.469 e. The summed E-state index contributed by atoms with van der Waals surface area (Å²) in [6.45, 7) is 2.09. The van der Waals surface area contributed by atoms with Crippen LogP contribution in [0.5, 0.6) is 5.88 Å². The number of carbonyl (C=O) groups excluding carboxylic acids is 1. The van der Waals surface area contributed by atoms with Gasteiger partial charge in [-0.25, -0.2) is 0 Å². The van der Waals surface area contributed by atoms with Gasteiger partial charge in [-0.15, -0.1) is 10.2 Å². The normalized spacial score (nSPS) is 19.8. The number of alkyl halides is 3. The second kappa shape index (κ2) is 8.39. The van der Waals surface area contributed by atoms with Gasteiger partial charge in [0.05, 0.1) is 24.8 Å². The predicted octanol–water partition coefficient (Wildman–Crippen LogP) is 3.34. The number of aromatic nitrogens is 4. The SMILES string of the molecule is CC1OCC1Oc1cc(CCc2nncn2C)cc(N2Cc3c(cccc3C(F)(F)F)C2=O)n1. The molecule has 11 heteroatoms. The van der Waals surface area contributed by atoms with Crippen molar-refractivity contribution in [3.8, 4) is 5.88 Å². The van der Waals surface area contributed by atoms with Crippen LogP contribution in [0.3, 0.4) is 0 Å². The Labute approximate surface area is 193 Å². The topological polar surface area (TPSA) is 82.4 Å². The molecule has 1 amide bonds. The van der Waals surface area contributed by atoms with Crippen LogP contribution < -0.4 is 9.64 Å². The largest absolute Gasteiger partial charge is 0.469 e. The van der Waals surface area contributed by atoms with E-state index >= 15 is 0 Å². The lowest BCUT2D eigenvalue weighted by molar-refractivity contribution is -0.140. The fourth-order valence-electron chi connectivity index (χ4n) is 4.11. The van der Waals surface area contributed by atoms with Crippen molar-refractivity contribution in [1.29, 1.82) is 0 Å². The first-order valence-corrected chi connectivity index (χ1v) is 10.8. The molecular formula is C23H22F3N5O3. The van der Waals surface area contributed by atoms with Gasteiger partial charge in [0.1, 0.15) is 24.1 Å². The average Bonchev–Trinajstić information content (AvgIpc) is 3.36. The summed E-state index contributed by atoms with van der Waals surface area (Å²) in [6.07, 6.45) is -2.09. The first-order chi connectivity index (χ1) is 16.2. The number of pyridine rings is 1. The molecule has 178 valence electrons. The Morgan fingerprint density at radius 3 is 2.71 bits per heavy atom. The number of fused-ring (bicyclic) bond motifs is 1. The molecule has 1 saturated heterocycles. The van der Waals surface area contributed by atoms with Gasteiger partial charge in [-0.1, -0.05) is 6.07 Å². The van der Waals surface area contributed by atoms with E-state index in [4.69, 9.17) is 9.47 Å². The van der Waals surface area contributed by atoms with Crippen molar-refractivity contribution in [2.24, 2.45) is 7.05 Å². The minimum atomic E-state index is -4.55. The molecule has 2 aromatic heterocycles. The molecular weight excluding hydrogens is 451 g/mol. The maximum Gasteiger partial charge on any atom is 0.416 e. The average molecular weight is 473 g/mol. The number of benzene rings is 1. The van der Waals surface area contributed by atoms with Gasteiger partial charge in [0.15, 0.2) is 0 Å². The van der Waals surface area contributed by atoms with Crippen LogP contribution in [-0.4, -0.2) is 44.5 Å². The number of anilines is 1. The van der Waals surface area contributed by atoms with E-state index in [1.54, 1.807) is 18.5 Å². The molecule has 0 spiro atoms. The quantitative estimate of drug-likeness (QED) is 0.546. The summed E-state index contributed by atoms with van der Waals surface area (Å²) in [6, 6.07) is 7.14. The summed E-state index contributed by atoms with van der Waals surface area (Å²) < 4.78 is 53.7. The number of hydrogen-bond acceptors (Lipinski definition) is 6. The van der Waals surface area contributed by atoms with Crippen LogP contribution in [0.4, 0.5) is 19.0 Å². The van der Waals surface area contributed by atoms with Crippen molar-refractivity contribution in [2.75, 3.05) is 11.5 Å². The summed E-state index contributed by atoms with van der Waals surface area (Å²) in [5.74, 6) is 0.796. The molecule has 0 radical (unpaired) electrons. The van der Waals surface area contributed by atoms with E-state index in [2.05, 4.69) is 15.2 Å². The summed E-state index contributed by atoms with van der Waals surface area (Å²) in [4.78, 5) is 18.8. The van der Waals surface area contributed by atoms with Crippen LogP contribution in [0.15, 0.2) is 36.7 Å². The Morgan fingerprint density at radius 1 is 1.24 bits per heavy atom. The van der Waals surface area contributed by atoms with Gasteiger partial charge in [-0.3, -0.25) is 9.69 Å². The van der Waals surface area contributed by atoms with Crippen LogP contribution in [0.1, 0.15) is 39.8 Å². The standard InChI is InChI=1S/C23H22F3N5O3/c1-13-18(11-33-13)34-21-9-14(6-7-19-29-27-12-30(19)2)8-20(28-21)31-10-16-15(22(31)32)4-3-5-17(16)23(24,25)26/h3-5,8-9,12-13,18H,6-7,10-11H2,1-2H3. The lowest BCUT2D eigenvalue weighted by atomic mass is 10.0. The van der Waals surface area contributed by atoms with E-state index in [9.17, 15) is 18.0 Å². The number of ether oxygens (including phenoxy) is 2. The molecule has 0 aliphatic carbocycles. The lowest BCUT2D eigenvalue weighted by Gasteiger charge is -2.34. The van der Waals surface area contributed by atoms with E-state index in [1.165, 1.54) is 17.0 Å². The van der Waals surface area contributed by atoms with Gasteiger partial charge >= 0.3 is 6.18 Å². The maximum atomic E-state index is 13.5. The zero-order chi connectivity index (χ0) is 24.0. The highest BCUT2D eigenvalue weighted by Gasteiger charge is 2.40. The number of carbonyl (C=O) groups is 1. The van der Waals surface area contributed by atoms with E-state index in [1.807, 2.05) is 18.5 Å². The molecule has 1 fully saturated rings. The van der Waals surface area contributed by atoms with Crippen LogP contribution in [0.2, 0.25) is 0 Å². The first kappa shape index (κ1) is 22.3. The summed E-state index contributed by atoms with van der Waals surface area (Å²) in [5, 5.41) is 7.96. The van der Waals surface area contributed by atoms with Crippen molar-refractivity contribution in [3.05, 3.63) is 64.7 Å². The number of amides is 1. The highest BCUT2D eigenvalue weighted by molar-refractivity contribution is 6.09. The Hall–Kier alpha value is -3.47. The van der Waals surface area contributed by atoms with E-state index in [0.29, 0.717) is 25.3 Å². The minimum absolute atomic E-state index is 0.0320. The third kappa shape index (κ3) is 4.11. The second-order valence-corrected chi connectivity index (χ2v) is 8.45. The predicted molar refractivity (Wildman–Crippen MR) is 114 cm³/mol. The van der Waals surface area contributed by atoms with E-state index in [-0.39, 0.29) is 35.7 Å². The second-order valence-electron chi connectivity index (χ2n) is 8.45. The first-order valence-electron chi connectivity index (χ1n) is 10.8. The number of rotatable bonds is 6. The Bertz CT molecular complexity index is 1240. The molecule has 1 aromatic carbocycles. The molecule has 0 saturated carbocycles. The lowest BCUT2D eigenvalue weighted by Crippen LogP contribution is -2.47. The highest BCUT2D eigenvalue weighted by atomic mass is 19.4. The number of aryl methyl sites for hydroxylation is 3. The summed E-state index contributed by atoms with van der Waals surface area (Å²) in [5.41, 5.74) is -0.00809. The monoisotopic (exact) mass is 473 g/mol. The molecule has 8 nitrogen and oxygen atoms in total. The number of nitrogens with zero attached hydrogens (tertiary/aromatic N) is 5. The van der Waals surface area contributed by atoms with E-state index in [0.717, 1.165) is 17.5 Å². The van der Waals surface area contributed by atoms with Gasteiger partial charge in [0.2, 0.25) is 5.88 Å². The Morgan fingerprint density at radius 2 is 2.06 bits per heavy atom. The van der Waals surface area contributed by atoms with Crippen LogP contribution in [0.25, 0.3) is 0 Å². The molecule has 2 atom stereocenters. The number of halogens is 3. The van der Waals surface area contributed by atoms with Crippen LogP contribution in [-0.2, 0) is 37.3 Å². The van der Waals surface area contributed by atoms with Gasteiger partial charge < -0.3 is 14.0 Å². The Balaban J connectivity index is 1.47. The summed E-state index contributed by atoms with van der Waals surface area (Å²) in [7, 11) is 1.85. The molecule has 0 N–H and O–H groups in total. The Kier molecular flexibility index (Phi) is 5.51. The molecule has 2 aliphatic heterocycles. The van der Waals surface area contributed by atoms with E-state index < -0.39 is 17.6 Å². The molecule has 0 bridgehead atoms. The van der Waals surface area contributed by atoms with Crippen LogP contribution in [0, 0.1) is 0 Å². The van der Waals surface area contributed by atoms with Crippen molar-refractivity contribution < 1.29 is 27.4 Å². The summed E-state index contributed by atoms with van der Waals surface area (Å²) >= 11 is 0. The molecule has 3 aromatic rings. The van der Waals surface area contributed by atoms with Gasteiger partial charge in [-0.2, -0.15) is 18.2 Å². The molecule has 2 aliphatic rings. The van der Waals surface area contributed by atoms with Crippen molar-refractivity contribution >= 4 is 11.7 Å². The number of hydrogen-bond donors (Lipinski definition) is 0. The van der Waals surface area contributed by atoms with Crippen molar-refractivity contribution in [2.45, 2.75) is 44.7 Å². The zero-order valence-corrected chi connectivity index (χ0v) is 18.5. The third-order valence-electron chi connectivity index (χ3n) is 6.16. The fraction of sp³-hybridized carbons (Fsp3) is 0.391. The molecule has 5 rings (SSSR count). The smallest absolute Gasteiger partial charge is 0.416 e. The maximum absolute atomic E-state index is 13.5. The van der Waals surface area contributed by atoms with Crippen LogP contribution >= 0.6 is 0 Å².